The van der Waals surface area contributed by atoms with Crippen molar-refractivity contribution in [3.8, 4) is 0 Å². The van der Waals surface area contributed by atoms with Crippen LogP contribution in [0, 0.1) is 11.8 Å². The molecule has 1 aliphatic carbocycles. The Morgan fingerprint density at radius 2 is 1.90 bits per heavy atom. The molecule has 7 heteroatoms. The maximum atomic E-state index is 10.0. The molecule has 0 aromatic heterocycles. The highest BCUT2D eigenvalue weighted by molar-refractivity contribution is 4.92. The molecule has 0 radical (unpaired) electrons. The molecule has 0 spiro atoms. The van der Waals surface area contributed by atoms with Crippen molar-refractivity contribution < 1.29 is 35.0 Å². The molecule has 120 valence electrons. The molecule has 1 saturated carbocycles. The topological polar surface area (TPSA) is 120 Å². The first-order valence-corrected chi connectivity index (χ1v) is 6.95. The summed E-state index contributed by atoms with van der Waals surface area (Å²) in [5.41, 5.74) is 0. The van der Waals surface area contributed by atoms with Gasteiger partial charge in [0.05, 0.1) is 31.5 Å². The summed E-state index contributed by atoms with van der Waals surface area (Å²) in [6.07, 6.45) is -2.15. The summed E-state index contributed by atoms with van der Waals surface area (Å²) in [5.74, 6) is -0.712. The minimum absolute atomic E-state index is 0.0788. The van der Waals surface area contributed by atoms with Gasteiger partial charge in [0, 0.05) is 19.6 Å². The minimum Gasteiger partial charge on any atom is -0.396 e. The van der Waals surface area contributed by atoms with Crippen LogP contribution in [0.4, 0.5) is 0 Å². The largest absolute Gasteiger partial charge is 0.396 e. The smallest absolute Gasteiger partial charge is 0.162 e. The van der Waals surface area contributed by atoms with Gasteiger partial charge in [-0.3, -0.25) is 0 Å². The molecule has 6 atom stereocenters. The third kappa shape index (κ3) is 4.63. The lowest BCUT2D eigenvalue weighted by Crippen LogP contribution is -2.37. The van der Waals surface area contributed by atoms with Crippen LogP contribution in [0.2, 0.25) is 0 Å². The highest BCUT2D eigenvalue weighted by Crippen LogP contribution is 2.38. The molecule has 0 aromatic carbocycles. The van der Waals surface area contributed by atoms with Crippen molar-refractivity contribution >= 4 is 0 Å². The third-order valence-electron chi connectivity index (χ3n) is 3.87. The second-order valence-electron chi connectivity index (χ2n) is 5.22. The number of ether oxygens (including phenoxy) is 2. The molecule has 0 amide bonds. The van der Waals surface area contributed by atoms with Crippen LogP contribution < -0.4 is 0 Å². The van der Waals surface area contributed by atoms with E-state index in [0.717, 1.165) is 0 Å². The summed E-state index contributed by atoms with van der Waals surface area (Å²) in [6, 6.07) is 0. The maximum Gasteiger partial charge on any atom is 0.162 e. The molecule has 7 nitrogen and oxygen atoms in total. The molecule has 0 bridgehead atoms. The molecule has 2 unspecified atom stereocenters. The van der Waals surface area contributed by atoms with Gasteiger partial charge in [0.25, 0.3) is 0 Å². The number of methoxy groups -OCH3 is 1. The van der Waals surface area contributed by atoms with Gasteiger partial charge < -0.3 is 35.0 Å². The normalized spacial score (nSPS) is 33.3. The van der Waals surface area contributed by atoms with Crippen LogP contribution in [0.3, 0.4) is 0 Å². The summed E-state index contributed by atoms with van der Waals surface area (Å²) < 4.78 is 10.7. The van der Waals surface area contributed by atoms with E-state index in [-0.39, 0.29) is 38.6 Å². The highest BCUT2D eigenvalue weighted by Gasteiger charge is 2.46. The van der Waals surface area contributed by atoms with Gasteiger partial charge in [-0.15, -0.1) is 0 Å². The average Bonchev–Trinajstić information content (AvgIpc) is 2.70. The summed E-state index contributed by atoms with van der Waals surface area (Å²) in [7, 11) is 1.45. The van der Waals surface area contributed by atoms with Crippen LogP contribution >= 0.6 is 0 Å². The molecule has 1 rings (SSSR count). The highest BCUT2D eigenvalue weighted by atomic mass is 16.7. The van der Waals surface area contributed by atoms with E-state index in [1.165, 1.54) is 7.11 Å². The van der Waals surface area contributed by atoms with Gasteiger partial charge in [0.2, 0.25) is 0 Å². The lowest BCUT2D eigenvalue weighted by molar-refractivity contribution is -0.185. The average molecular weight is 294 g/mol. The molecular weight excluding hydrogens is 268 g/mol. The van der Waals surface area contributed by atoms with Crippen molar-refractivity contribution in [3.63, 3.8) is 0 Å². The molecule has 0 saturated heterocycles. The first kappa shape index (κ1) is 17.8. The number of aliphatic hydroxyl groups is 5. The molecule has 1 aliphatic rings. The van der Waals surface area contributed by atoms with Gasteiger partial charge in [-0.25, -0.2) is 0 Å². The predicted molar refractivity (Wildman–Crippen MR) is 69.8 cm³/mol. The fourth-order valence-corrected chi connectivity index (χ4v) is 2.79. The summed E-state index contributed by atoms with van der Waals surface area (Å²) in [6.45, 7) is -0.241. The van der Waals surface area contributed by atoms with E-state index >= 15 is 0 Å². The Labute approximate surface area is 118 Å². The zero-order chi connectivity index (χ0) is 15.1. The van der Waals surface area contributed by atoms with Gasteiger partial charge in [0.1, 0.15) is 0 Å². The van der Waals surface area contributed by atoms with E-state index in [4.69, 9.17) is 19.7 Å². The fraction of sp³-hybridized carbons (Fsp3) is 1.00. The quantitative estimate of drug-likeness (QED) is 0.327. The molecule has 0 heterocycles. The maximum absolute atomic E-state index is 10.0. The molecule has 1 fully saturated rings. The predicted octanol–water partition coefficient (Wildman–Crippen LogP) is -1.54. The standard InChI is InChI=1S/C13H26O7/c1-19-13(20-5-3-8(16)7-15)12-9(2-4-14)10(17)6-11(12)18/h8-18H,2-7H2,1H3/t8?,9-,10-,11+,12+,13?/m1/s1. The van der Waals surface area contributed by atoms with Crippen molar-refractivity contribution in [3.05, 3.63) is 0 Å². The Bertz CT molecular complexity index is 263. The molecule has 5 N–H and O–H groups in total. The van der Waals surface area contributed by atoms with Crippen LogP contribution in [0.5, 0.6) is 0 Å². The fourth-order valence-electron chi connectivity index (χ4n) is 2.79. The summed E-state index contributed by atoms with van der Waals surface area (Å²) >= 11 is 0. The third-order valence-corrected chi connectivity index (χ3v) is 3.87. The Morgan fingerprint density at radius 1 is 1.20 bits per heavy atom. The molecule has 20 heavy (non-hydrogen) atoms. The zero-order valence-electron chi connectivity index (χ0n) is 11.8. The van der Waals surface area contributed by atoms with Crippen LogP contribution in [-0.2, 0) is 9.47 Å². The van der Waals surface area contributed by atoms with Crippen LogP contribution in [0.1, 0.15) is 19.3 Å². The van der Waals surface area contributed by atoms with Crippen LogP contribution in [-0.4, -0.2) is 77.1 Å². The first-order valence-electron chi connectivity index (χ1n) is 6.95. The van der Waals surface area contributed by atoms with Crippen molar-refractivity contribution in [1.82, 2.24) is 0 Å². The summed E-state index contributed by atoms with van der Waals surface area (Å²) in [4.78, 5) is 0. The van der Waals surface area contributed by atoms with Gasteiger partial charge >= 0.3 is 0 Å². The Morgan fingerprint density at radius 3 is 2.45 bits per heavy atom. The molecule has 0 aromatic rings. The van der Waals surface area contributed by atoms with E-state index in [2.05, 4.69) is 0 Å². The van der Waals surface area contributed by atoms with Crippen molar-refractivity contribution in [2.45, 2.75) is 43.9 Å². The first-order chi connectivity index (χ1) is 9.54. The lowest BCUT2D eigenvalue weighted by atomic mass is 9.90. The van der Waals surface area contributed by atoms with E-state index in [0.29, 0.717) is 6.42 Å². The van der Waals surface area contributed by atoms with E-state index in [1.54, 1.807) is 0 Å². The number of rotatable bonds is 9. The second-order valence-corrected chi connectivity index (χ2v) is 5.22. The van der Waals surface area contributed by atoms with Gasteiger partial charge in [0.15, 0.2) is 6.29 Å². The summed E-state index contributed by atoms with van der Waals surface area (Å²) in [5, 5.41) is 46.9. The minimum atomic E-state index is -0.847. The lowest BCUT2D eigenvalue weighted by Gasteiger charge is -2.30. The second kappa shape index (κ2) is 8.89. The van der Waals surface area contributed by atoms with Gasteiger partial charge in [-0.2, -0.15) is 0 Å². The van der Waals surface area contributed by atoms with Crippen molar-refractivity contribution in [2.75, 3.05) is 26.9 Å². The zero-order valence-corrected chi connectivity index (χ0v) is 11.8. The van der Waals surface area contributed by atoms with Gasteiger partial charge in [-0.1, -0.05) is 0 Å². The number of aliphatic hydroxyl groups excluding tert-OH is 5. The molecule has 0 aliphatic heterocycles. The van der Waals surface area contributed by atoms with Gasteiger partial charge in [-0.05, 0) is 25.2 Å². The molecular formula is C13H26O7. The van der Waals surface area contributed by atoms with E-state index in [1.807, 2.05) is 0 Å². The van der Waals surface area contributed by atoms with Crippen molar-refractivity contribution in [1.29, 1.82) is 0 Å². The van der Waals surface area contributed by atoms with E-state index in [9.17, 15) is 15.3 Å². The number of hydrogen-bond donors (Lipinski definition) is 5. The SMILES string of the molecule is COC(OCCC(O)CO)[C@H]1[C@H](CCO)[C@H](O)C[C@@H]1O. The van der Waals surface area contributed by atoms with Crippen LogP contribution in [0.25, 0.3) is 0 Å². The Hall–Kier alpha value is -0.280. The van der Waals surface area contributed by atoms with Crippen molar-refractivity contribution in [2.24, 2.45) is 11.8 Å². The van der Waals surface area contributed by atoms with E-state index < -0.39 is 30.5 Å². The Balaban J connectivity index is 2.57. The number of hydrogen-bond acceptors (Lipinski definition) is 7. The Kier molecular flexibility index (Phi) is 7.90. The van der Waals surface area contributed by atoms with Crippen LogP contribution in [0.15, 0.2) is 0 Å². The monoisotopic (exact) mass is 294 g/mol.